The van der Waals surface area contributed by atoms with Crippen molar-refractivity contribution in [1.29, 1.82) is 0 Å². The van der Waals surface area contributed by atoms with Gasteiger partial charge < -0.3 is 25.6 Å². The third-order valence-corrected chi connectivity index (χ3v) is 9.23. The van der Waals surface area contributed by atoms with Crippen molar-refractivity contribution in [2.45, 2.75) is 152 Å². The number of carbonyl (C=O) groups excluding carboxylic acids is 2. The summed E-state index contributed by atoms with van der Waals surface area (Å²) in [6.07, 6.45) is 14.3. The van der Waals surface area contributed by atoms with Gasteiger partial charge in [-0.25, -0.2) is 4.39 Å². The molecule has 0 heterocycles. The highest BCUT2D eigenvalue weighted by Gasteiger charge is 2.20. The van der Waals surface area contributed by atoms with Gasteiger partial charge in [0, 0.05) is 18.8 Å². The number of hydrogen-bond acceptors (Lipinski definition) is 5. The summed E-state index contributed by atoms with van der Waals surface area (Å²) in [4.78, 5) is 25.0. The molecule has 0 radical (unpaired) electrons. The average Bonchev–Trinajstić information content (AvgIpc) is 3.16. The van der Waals surface area contributed by atoms with E-state index in [1.165, 1.54) is 49.7 Å². The van der Waals surface area contributed by atoms with Crippen molar-refractivity contribution in [3.05, 3.63) is 82.8 Å². The predicted molar refractivity (Wildman–Crippen MR) is 234 cm³/mol. The molecular formula is C47H83FN4O2. The van der Waals surface area contributed by atoms with E-state index < -0.39 is 0 Å². The Kier molecular flexibility index (Phi) is 35.0. The number of hydrogen-bond donors (Lipinski definition) is 3. The Hall–Kier alpha value is -3.03. The summed E-state index contributed by atoms with van der Waals surface area (Å²) in [7, 11) is 1.90. The first kappa shape index (κ1) is 53.1. The molecule has 0 spiro atoms. The molecule has 3 N–H and O–H groups in total. The molecule has 2 aromatic rings. The molecule has 54 heavy (non-hydrogen) atoms. The fraction of sp³-hybridized carbons (Fsp3) is 0.660. The van der Waals surface area contributed by atoms with E-state index in [0.717, 1.165) is 93.7 Å². The van der Waals surface area contributed by atoms with E-state index in [0.29, 0.717) is 12.5 Å². The van der Waals surface area contributed by atoms with Gasteiger partial charge in [0.1, 0.15) is 12.1 Å². The summed E-state index contributed by atoms with van der Waals surface area (Å²) in [5.74, 6) is 1.25. The van der Waals surface area contributed by atoms with E-state index >= 15 is 0 Å². The van der Waals surface area contributed by atoms with Crippen molar-refractivity contribution in [2.24, 2.45) is 11.8 Å². The maximum Gasteiger partial charge on any atom is 0.238 e. The van der Waals surface area contributed by atoms with Crippen molar-refractivity contribution >= 4 is 12.2 Å². The number of amides is 1. The van der Waals surface area contributed by atoms with Gasteiger partial charge in [-0.15, -0.1) is 0 Å². The smallest absolute Gasteiger partial charge is 0.238 e. The molecule has 2 rings (SSSR count). The minimum absolute atomic E-state index is 0.0631. The zero-order valence-electron chi connectivity index (χ0n) is 36.7. The van der Waals surface area contributed by atoms with E-state index in [1.807, 2.05) is 33.0 Å². The summed E-state index contributed by atoms with van der Waals surface area (Å²) in [5.41, 5.74) is 5.65. The highest BCUT2D eigenvalue weighted by molar-refractivity contribution is 5.82. The Morgan fingerprint density at radius 1 is 0.852 bits per heavy atom. The third kappa shape index (κ3) is 27.5. The maximum absolute atomic E-state index is 13.0. The number of aldehydes is 1. The summed E-state index contributed by atoms with van der Waals surface area (Å²) in [5, 5.41) is 9.28. The number of nitrogens with zero attached hydrogens (tertiary/aromatic N) is 1. The first-order chi connectivity index (χ1) is 25.9. The van der Waals surface area contributed by atoms with E-state index in [-0.39, 0.29) is 17.8 Å². The van der Waals surface area contributed by atoms with Crippen LogP contribution >= 0.6 is 0 Å². The van der Waals surface area contributed by atoms with Crippen LogP contribution in [0.1, 0.15) is 142 Å². The molecule has 7 heteroatoms. The molecule has 0 bridgehead atoms. The molecule has 6 nitrogen and oxygen atoms in total. The van der Waals surface area contributed by atoms with Crippen molar-refractivity contribution in [3.8, 4) is 0 Å². The number of unbranched alkanes of at least 4 members (excludes halogenated alkanes) is 2. The van der Waals surface area contributed by atoms with Crippen molar-refractivity contribution in [2.75, 3.05) is 39.8 Å². The lowest BCUT2D eigenvalue weighted by atomic mass is 9.92. The van der Waals surface area contributed by atoms with Crippen LogP contribution in [0.15, 0.2) is 54.7 Å². The largest absolute Gasteiger partial charge is 0.382 e. The number of nitrogens with one attached hydrogen (secondary N) is 3. The van der Waals surface area contributed by atoms with Crippen LogP contribution < -0.4 is 16.0 Å². The molecule has 310 valence electrons. The quantitative estimate of drug-likeness (QED) is 0.0735. The summed E-state index contributed by atoms with van der Waals surface area (Å²) >= 11 is 0. The van der Waals surface area contributed by atoms with Gasteiger partial charge >= 0.3 is 0 Å². The van der Waals surface area contributed by atoms with Gasteiger partial charge in [0.15, 0.2) is 0 Å². The Bertz CT molecular complexity index is 1220. The van der Waals surface area contributed by atoms with Gasteiger partial charge in [-0.2, -0.15) is 0 Å². The lowest BCUT2D eigenvalue weighted by molar-refractivity contribution is -0.123. The lowest BCUT2D eigenvalue weighted by Crippen LogP contribution is -2.50. The Morgan fingerprint density at radius 3 is 2.06 bits per heavy atom. The van der Waals surface area contributed by atoms with Gasteiger partial charge in [0.25, 0.3) is 0 Å². The molecule has 0 saturated heterocycles. The van der Waals surface area contributed by atoms with Crippen molar-refractivity contribution in [1.82, 2.24) is 20.9 Å². The first-order valence-corrected chi connectivity index (χ1v) is 21.2. The van der Waals surface area contributed by atoms with E-state index in [4.69, 9.17) is 0 Å². The summed E-state index contributed by atoms with van der Waals surface area (Å²) in [6, 6.07) is 14.1. The maximum atomic E-state index is 13.0. The zero-order chi connectivity index (χ0) is 41.1. The number of allylic oxidation sites excluding steroid dienone is 1. The van der Waals surface area contributed by atoms with Crippen LogP contribution in [0.2, 0.25) is 0 Å². The Morgan fingerprint density at radius 2 is 1.52 bits per heavy atom. The summed E-state index contributed by atoms with van der Waals surface area (Å²) < 4.78 is 13.0. The number of carbonyl (C=O) groups is 2. The monoisotopic (exact) mass is 755 g/mol. The molecule has 0 aromatic heterocycles. The van der Waals surface area contributed by atoms with Gasteiger partial charge in [-0.05, 0) is 112 Å². The van der Waals surface area contributed by atoms with Crippen LogP contribution in [0.25, 0.3) is 0 Å². The molecule has 0 fully saturated rings. The Balaban J connectivity index is 0. The minimum atomic E-state index is -0.154. The SMILES string of the molecule is C=C(CC)NCC=O.CCC.CCCCCN(CCC)CC(NC)C(=O)NCC(C)Cc1ccccc1CC[C@H](C)CC.CCCc1ccc(C)cc1F. The van der Waals surface area contributed by atoms with Crippen LogP contribution in [-0.4, -0.2) is 62.9 Å². The van der Waals surface area contributed by atoms with Crippen LogP contribution in [-0.2, 0) is 28.9 Å². The molecule has 0 saturated carbocycles. The van der Waals surface area contributed by atoms with Crippen LogP contribution in [0, 0.1) is 24.6 Å². The van der Waals surface area contributed by atoms with Crippen molar-refractivity contribution in [3.63, 3.8) is 0 Å². The minimum Gasteiger partial charge on any atom is -0.382 e. The number of likely N-dealkylation sites (N-methyl/N-ethyl adjacent to an activating group) is 1. The number of aryl methyl sites for hydroxylation is 3. The molecule has 0 aliphatic rings. The molecule has 0 aliphatic heterocycles. The normalized spacial score (nSPS) is 12.1. The van der Waals surface area contributed by atoms with Gasteiger partial charge in [0.05, 0.1) is 12.6 Å². The molecule has 2 unspecified atom stereocenters. The fourth-order valence-corrected chi connectivity index (χ4v) is 5.65. The van der Waals surface area contributed by atoms with E-state index in [9.17, 15) is 14.0 Å². The molecule has 2 aromatic carbocycles. The van der Waals surface area contributed by atoms with Crippen LogP contribution in [0.3, 0.4) is 0 Å². The predicted octanol–water partition coefficient (Wildman–Crippen LogP) is 10.7. The lowest BCUT2D eigenvalue weighted by Gasteiger charge is -2.27. The summed E-state index contributed by atoms with van der Waals surface area (Å²) in [6.45, 7) is 29.2. The molecular weight excluding hydrogens is 672 g/mol. The second kappa shape index (κ2) is 35.7. The van der Waals surface area contributed by atoms with Gasteiger partial charge in [-0.1, -0.05) is 137 Å². The number of benzene rings is 2. The standard InChI is InChI=1S/C28H51N3O.C10H13F.C6H11NO.C3H8/c1-7-10-13-19-31(18-8-2)22-27(29-6)28(32)30-21-24(5)20-26-15-12-11-14-25(26)17-16-23(4)9-3;1-3-4-9-6-5-8(2)7-10(9)11;1-3-6(2)7-4-5-8;1-3-2/h11-12,14-15,23-24,27,29H,7-10,13,16-22H2,1-6H3,(H,30,32);5-7H,3-4H2,1-2H3;5,7H,2-4H2,1H3;3H2,1-2H3/t23-,24?,27?;;;/m1.../s1. The second-order valence-corrected chi connectivity index (χ2v) is 14.8. The number of rotatable bonds is 24. The highest BCUT2D eigenvalue weighted by atomic mass is 19.1. The second-order valence-electron chi connectivity index (χ2n) is 14.8. The zero-order valence-corrected chi connectivity index (χ0v) is 36.7. The first-order valence-electron chi connectivity index (χ1n) is 21.2. The third-order valence-electron chi connectivity index (χ3n) is 9.23. The topological polar surface area (TPSA) is 73.5 Å². The van der Waals surface area contributed by atoms with Crippen LogP contribution in [0.5, 0.6) is 0 Å². The molecule has 1 amide bonds. The highest BCUT2D eigenvalue weighted by Crippen LogP contribution is 2.19. The molecule has 0 aliphatic carbocycles. The number of halogens is 1. The van der Waals surface area contributed by atoms with Gasteiger partial charge in [0.2, 0.25) is 5.91 Å². The Labute approximate surface area is 332 Å². The van der Waals surface area contributed by atoms with E-state index in [2.05, 4.69) is 107 Å². The molecule has 3 atom stereocenters. The van der Waals surface area contributed by atoms with Crippen LogP contribution in [0.4, 0.5) is 4.39 Å². The van der Waals surface area contributed by atoms with Crippen molar-refractivity contribution < 1.29 is 14.0 Å². The fourth-order valence-electron chi connectivity index (χ4n) is 5.65. The van der Waals surface area contributed by atoms with E-state index in [1.54, 1.807) is 6.07 Å². The van der Waals surface area contributed by atoms with Gasteiger partial charge in [-0.3, -0.25) is 4.79 Å². The average molecular weight is 755 g/mol.